The average Bonchev–Trinajstić information content (AvgIpc) is 2.72. The van der Waals surface area contributed by atoms with Crippen molar-refractivity contribution in [2.24, 2.45) is 5.92 Å². The highest BCUT2D eigenvalue weighted by atomic mass is 79.9. The van der Waals surface area contributed by atoms with Gasteiger partial charge < -0.3 is 5.32 Å². The molecular weight excluding hydrogens is 322 g/mol. The second-order valence-electron chi connectivity index (χ2n) is 4.91. The summed E-state index contributed by atoms with van der Waals surface area (Å²) < 4.78 is 0.987. The van der Waals surface area contributed by atoms with Crippen LogP contribution < -0.4 is 5.32 Å². The Balaban J connectivity index is 2.36. The zero-order chi connectivity index (χ0) is 13.8. The van der Waals surface area contributed by atoms with Gasteiger partial charge >= 0.3 is 0 Å². The van der Waals surface area contributed by atoms with Crippen molar-refractivity contribution in [3.05, 3.63) is 33.5 Å². The maximum absolute atomic E-state index is 4.80. The third-order valence-electron chi connectivity index (χ3n) is 2.67. The summed E-state index contributed by atoms with van der Waals surface area (Å²) in [6.45, 7) is 5.33. The van der Waals surface area contributed by atoms with Crippen LogP contribution in [-0.4, -0.2) is 17.0 Å². The molecule has 0 saturated heterocycles. The van der Waals surface area contributed by atoms with E-state index in [-0.39, 0.29) is 0 Å². The molecule has 0 amide bonds. The second-order valence-corrected chi connectivity index (χ2v) is 6.91. The highest BCUT2D eigenvalue weighted by molar-refractivity contribution is 9.10. The normalized spacial score (nSPS) is 11.2. The number of halogens is 1. The maximum atomic E-state index is 4.80. The minimum absolute atomic E-state index is 0.617. The molecule has 0 aliphatic carbocycles. The molecule has 1 N–H and O–H groups in total. The molecule has 0 radical (unpaired) electrons. The van der Waals surface area contributed by atoms with Gasteiger partial charge in [-0.1, -0.05) is 13.8 Å². The van der Waals surface area contributed by atoms with Crippen LogP contribution in [0.2, 0.25) is 0 Å². The van der Waals surface area contributed by atoms with Crippen LogP contribution in [0.25, 0.3) is 10.6 Å². The third kappa shape index (κ3) is 3.84. The van der Waals surface area contributed by atoms with E-state index >= 15 is 0 Å². The maximum Gasteiger partial charge on any atom is 0.125 e. The molecule has 102 valence electrons. The Labute approximate surface area is 126 Å². The lowest BCUT2D eigenvalue weighted by Gasteiger charge is -2.03. The van der Waals surface area contributed by atoms with Crippen molar-refractivity contribution in [3.63, 3.8) is 0 Å². The lowest BCUT2D eigenvalue weighted by Crippen LogP contribution is -2.07. The standard InChI is InChI=1S/C14H18BrN3S/c1-9(2)4-12-13(8-16-3)19-14(18-12)10-5-11(15)7-17-6-10/h5-7,9,16H,4,8H2,1-3H3. The van der Waals surface area contributed by atoms with Crippen molar-refractivity contribution in [1.29, 1.82) is 0 Å². The van der Waals surface area contributed by atoms with Crippen molar-refractivity contribution in [1.82, 2.24) is 15.3 Å². The number of hydrogen-bond donors (Lipinski definition) is 1. The summed E-state index contributed by atoms with van der Waals surface area (Å²) in [4.78, 5) is 10.3. The summed E-state index contributed by atoms with van der Waals surface area (Å²) in [6, 6.07) is 2.06. The van der Waals surface area contributed by atoms with E-state index in [1.807, 2.05) is 13.2 Å². The molecule has 19 heavy (non-hydrogen) atoms. The van der Waals surface area contributed by atoms with Gasteiger partial charge in [0.25, 0.3) is 0 Å². The number of hydrogen-bond acceptors (Lipinski definition) is 4. The number of nitrogens with zero attached hydrogens (tertiary/aromatic N) is 2. The second kappa shape index (κ2) is 6.59. The highest BCUT2D eigenvalue weighted by Crippen LogP contribution is 2.30. The van der Waals surface area contributed by atoms with Crippen molar-refractivity contribution in [3.8, 4) is 10.6 Å². The van der Waals surface area contributed by atoms with Crippen LogP contribution in [0, 0.1) is 5.92 Å². The Morgan fingerprint density at radius 2 is 2.16 bits per heavy atom. The molecule has 0 unspecified atom stereocenters. The minimum atomic E-state index is 0.617. The molecule has 3 nitrogen and oxygen atoms in total. The van der Waals surface area contributed by atoms with Crippen LogP contribution in [0.5, 0.6) is 0 Å². The Hall–Kier alpha value is -0.780. The van der Waals surface area contributed by atoms with Gasteiger partial charge in [0.1, 0.15) is 5.01 Å². The quantitative estimate of drug-likeness (QED) is 0.897. The minimum Gasteiger partial charge on any atom is -0.315 e. The number of aromatic nitrogens is 2. The first-order valence-corrected chi connectivity index (χ1v) is 7.95. The number of nitrogens with one attached hydrogen (secondary N) is 1. The van der Waals surface area contributed by atoms with Crippen LogP contribution in [0.1, 0.15) is 24.4 Å². The summed E-state index contributed by atoms with van der Waals surface area (Å²) in [5.41, 5.74) is 2.29. The van der Waals surface area contributed by atoms with E-state index in [0.717, 1.165) is 28.0 Å². The fraction of sp³-hybridized carbons (Fsp3) is 0.429. The molecule has 2 rings (SSSR count). The molecule has 0 saturated carbocycles. The summed E-state index contributed by atoms with van der Waals surface area (Å²) in [7, 11) is 1.97. The van der Waals surface area contributed by atoms with Crippen LogP contribution in [0.3, 0.4) is 0 Å². The van der Waals surface area contributed by atoms with E-state index in [1.54, 1.807) is 17.5 Å². The molecule has 0 bridgehead atoms. The van der Waals surface area contributed by atoms with Gasteiger partial charge in [-0.25, -0.2) is 4.98 Å². The topological polar surface area (TPSA) is 37.8 Å². The van der Waals surface area contributed by atoms with E-state index < -0.39 is 0 Å². The number of thiazole rings is 1. The zero-order valence-corrected chi connectivity index (χ0v) is 13.8. The molecule has 0 fully saturated rings. The van der Waals surface area contributed by atoms with Gasteiger partial charge in [-0.3, -0.25) is 4.98 Å². The Morgan fingerprint density at radius 3 is 2.79 bits per heavy atom. The van der Waals surface area contributed by atoms with Gasteiger partial charge in [0, 0.05) is 33.9 Å². The van der Waals surface area contributed by atoms with E-state index in [9.17, 15) is 0 Å². The molecule has 5 heteroatoms. The smallest absolute Gasteiger partial charge is 0.125 e. The van der Waals surface area contributed by atoms with Crippen molar-refractivity contribution < 1.29 is 0 Å². The molecule has 2 aromatic heterocycles. The fourth-order valence-electron chi connectivity index (χ4n) is 1.88. The summed E-state index contributed by atoms with van der Waals surface area (Å²) in [5, 5.41) is 4.27. The summed E-state index contributed by atoms with van der Waals surface area (Å²) in [5.74, 6) is 0.617. The monoisotopic (exact) mass is 339 g/mol. The first-order chi connectivity index (χ1) is 9.10. The van der Waals surface area contributed by atoms with Crippen molar-refractivity contribution >= 4 is 27.3 Å². The van der Waals surface area contributed by atoms with Crippen molar-refractivity contribution in [2.75, 3.05) is 7.05 Å². The van der Waals surface area contributed by atoms with Crippen LogP contribution >= 0.6 is 27.3 Å². The summed E-state index contributed by atoms with van der Waals surface area (Å²) >= 11 is 5.21. The van der Waals surface area contributed by atoms with Crippen molar-refractivity contribution in [2.45, 2.75) is 26.8 Å². The van der Waals surface area contributed by atoms with E-state index in [1.165, 1.54) is 10.6 Å². The largest absolute Gasteiger partial charge is 0.315 e. The van der Waals surface area contributed by atoms with Gasteiger partial charge in [-0.2, -0.15) is 0 Å². The van der Waals surface area contributed by atoms with Crippen LogP contribution in [0.15, 0.2) is 22.9 Å². The lowest BCUT2D eigenvalue weighted by molar-refractivity contribution is 0.631. The van der Waals surface area contributed by atoms with Crippen LogP contribution in [0.4, 0.5) is 0 Å². The van der Waals surface area contributed by atoms with E-state index in [0.29, 0.717) is 5.92 Å². The van der Waals surface area contributed by atoms with E-state index in [2.05, 4.69) is 46.1 Å². The Kier molecular flexibility index (Phi) is 5.07. The fourth-order valence-corrected chi connectivity index (χ4v) is 3.33. The van der Waals surface area contributed by atoms with E-state index in [4.69, 9.17) is 4.98 Å². The number of pyridine rings is 1. The third-order valence-corrected chi connectivity index (χ3v) is 4.25. The molecule has 0 spiro atoms. The average molecular weight is 340 g/mol. The zero-order valence-electron chi connectivity index (χ0n) is 11.4. The summed E-state index contributed by atoms with van der Waals surface area (Å²) in [6.07, 6.45) is 4.68. The van der Waals surface area contributed by atoms with Crippen LogP contribution in [-0.2, 0) is 13.0 Å². The molecule has 2 heterocycles. The molecule has 0 atom stereocenters. The van der Waals surface area contributed by atoms with Gasteiger partial charge in [0.2, 0.25) is 0 Å². The first-order valence-electron chi connectivity index (χ1n) is 6.34. The Bertz CT molecular complexity index is 551. The molecular formula is C14H18BrN3S. The first kappa shape index (κ1) is 14.6. The Morgan fingerprint density at radius 1 is 1.37 bits per heavy atom. The SMILES string of the molecule is CNCc1sc(-c2cncc(Br)c2)nc1CC(C)C. The lowest BCUT2D eigenvalue weighted by atomic mass is 10.1. The highest BCUT2D eigenvalue weighted by Gasteiger charge is 2.13. The molecule has 0 aliphatic rings. The predicted octanol–water partition coefficient (Wildman–Crippen LogP) is 3.89. The molecule has 0 aromatic carbocycles. The predicted molar refractivity (Wildman–Crippen MR) is 84.4 cm³/mol. The van der Waals surface area contributed by atoms with Gasteiger partial charge in [-0.05, 0) is 41.4 Å². The van der Waals surface area contributed by atoms with Gasteiger partial charge in [0.05, 0.1) is 5.69 Å². The van der Waals surface area contributed by atoms with Gasteiger partial charge in [0.15, 0.2) is 0 Å². The molecule has 2 aromatic rings. The van der Waals surface area contributed by atoms with Gasteiger partial charge in [-0.15, -0.1) is 11.3 Å². The number of rotatable bonds is 5. The molecule has 0 aliphatic heterocycles.